The van der Waals surface area contributed by atoms with Crippen molar-refractivity contribution in [2.75, 3.05) is 19.7 Å². The second-order valence-corrected chi connectivity index (χ2v) is 5.50. The number of benzene rings is 1. The normalized spacial score (nSPS) is 26.6. The number of rotatable bonds is 4. The van der Waals surface area contributed by atoms with Crippen molar-refractivity contribution in [2.24, 2.45) is 11.8 Å². The van der Waals surface area contributed by atoms with E-state index in [2.05, 4.69) is 31.3 Å². The van der Waals surface area contributed by atoms with Crippen molar-refractivity contribution in [3.05, 3.63) is 35.9 Å². The molecular weight excluding hydrogens is 238 g/mol. The average Bonchev–Trinajstić information content (AvgIpc) is 2.86. The summed E-state index contributed by atoms with van der Waals surface area (Å²) in [5.41, 5.74) is 1.07. The van der Waals surface area contributed by atoms with Crippen LogP contribution < -0.4 is 5.32 Å². The van der Waals surface area contributed by atoms with Crippen LogP contribution in [0.25, 0.3) is 0 Å². The number of ether oxygens (including phenoxy) is 1. The highest BCUT2D eigenvalue weighted by molar-refractivity contribution is 5.76. The Bertz CT molecular complexity index is 430. The van der Waals surface area contributed by atoms with Gasteiger partial charge in [-0.15, -0.1) is 0 Å². The quantitative estimate of drug-likeness (QED) is 0.846. The van der Waals surface area contributed by atoms with E-state index in [1.54, 1.807) is 0 Å². The van der Waals surface area contributed by atoms with Crippen LogP contribution in [0.3, 0.4) is 0 Å². The molecule has 0 aromatic heterocycles. The molecule has 0 spiro atoms. The molecule has 1 aromatic rings. The predicted octanol–water partition coefficient (Wildman–Crippen LogP) is 2.36. The number of hydrogen-bond acceptors (Lipinski definition) is 3. The molecule has 1 aliphatic rings. The molecule has 104 valence electrons. The largest absolute Gasteiger partial charge is 0.466 e. The fourth-order valence-electron chi connectivity index (χ4n) is 3.26. The van der Waals surface area contributed by atoms with Gasteiger partial charge in [0.2, 0.25) is 0 Å². The van der Waals surface area contributed by atoms with Crippen molar-refractivity contribution in [1.29, 1.82) is 0 Å². The highest BCUT2D eigenvalue weighted by atomic mass is 16.5. The molecule has 1 fully saturated rings. The van der Waals surface area contributed by atoms with Gasteiger partial charge in [-0.2, -0.15) is 0 Å². The van der Waals surface area contributed by atoms with Crippen LogP contribution in [0.15, 0.2) is 30.3 Å². The molecular formula is C16H23NO2. The van der Waals surface area contributed by atoms with Gasteiger partial charge in [-0.1, -0.05) is 44.2 Å². The first-order chi connectivity index (χ1) is 9.13. The third-order valence-corrected chi connectivity index (χ3v) is 4.30. The highest BCUT2D eigenvalue weighted by Crippen LogP contribution is 2.42. The lowest BCUT2D eigenvalue weighted by Crippen LogP contribution is -2.44. The maximum atomic E-state index is 12.3. The third-order valence-electron chi connectivity index (χ3n) is 4.30. The Morgan fingerprint density at radius 1 is 1.42 bits per heavy atom. The summed E-state index contributed by atoms with van der Waals surface area (Å²) >= 11 is 0. The summed E-state index contributed by atoms with van der Waals surface area (Å²) in [6, 6.07) is 10.3. The molecule has 0 aliphatic carbocycles. The van der Waals surface area contributed by atoms with Crippen LogP contribution >= 0.6 is 0 Å². The van der Waals surface area contributed by atoms with Gasteiger partial charge in [0.05, 0.1) is 12.5 Å². The van der Waals surface area contributed by atoms with Crippen molar-refractivity contribution in [1.82, 2.24) is 5.32 Å². The monoisotopic (exact) mass is 261 g/mol. The summed E-state index contributed by atoms with van der Waals surface area (Å²) in [5.74, 6) is 0.194. The van der Waals surface area contributed by atoms with Gasteiger partial charge in [0.15, 0.2) is 0 Å². The second-order valence-electron chi connectivity index (χ2n) is 5.50. The van der Waals surface area contributed by atoms with E-state index in [9.17, 15) is 4.79 Å². The Kier molecular flexibility index (Phi) is 4.25. The lowest BCUT2D eigenvalue weighted by molar-refractivity contribution is -0.150. The van der Waals surface area contributed by atoms with Crippen LogP contribution in [0.5, 0.6) is 0 Å². The van der Waals surface area contributed by atoms with Crippen molar-refractivity contribution in [3.63, 3.8) is 0 Å². The van der Waals surface area contributed by atoms with Gasteiger partial charge in [0.25, 0.3) is 0 Å². The van der Waals surface area contributed by atoms with Gasteiger partial charge in [0, 0.05) is 18.5 Å². The minimum atomic E-state index is -0.159. The van der Waals surface area contributed by atoms with Crippen molar-refractivity contribution in [2.45, 2.75) is 26.2 Å². The predicted molar refractivity (Wildman–Crippen MR) is 76.0 cm³/mol. The van der Waals surface area contributed by atoms with Gasteiger partial charge in [-0.3, -0.25) is 4.79 Å². The Hall–Kier alpha value is -1.35. The Morgan fingerprint density at radius 2 is 2.11 bits per heavy atom. The highest BCUT2D eigenvalue weighted by Gasteiger charge is 2.50. The first-order valence-corrected chi connectivity index (χ1v) is 7.05. The van der Waals surface area contributed by atoms with E-state index in [-0.39, 0.29) is 17.3 Å². The lowest BCUT2D eigenvalue weighted by Gasteiger charge is -2.38. The van der Waals surface area contributed by atoms with Crippen LogP contribution in [0.4, 0.5) is 0 Å². The molecule has 3 nitrogen and oxygen atoms in total. The minimum Gasteiger partial charge on any atom is -0.466 e. The molecule has 19 heavy (non-hydrogen) atoms. The van der Waals surface area contributed by atoms with E-state index in [1.165, 1.54) is 5.56 Å². The Balaban J connectivity index is 2.41. The molecule has 2 unspecified atom stereocenters. The van der Waals surface area contributed by atoms with E-state index < -0.39 is 0 Å². The number of esters is 1. The molecule has 1 aromatic carbocycles. The molecule has 0 saturated carbocycles. The number of carbonyl (C=O) groups is 1. The van der Waals surface area contributed by atoms with Crippen LogP contribution in [-0.4, -0.2) is 25.7 Å². The van der Waals surface area contributed by atoms with Gasteiger partial charge in [-0.05, 0) is 18.4 Å². The molecule has 1 heterocycles. The van der Waals surface area contributed by atoms with Gasteiger partial charge in [-0.25, -0.2) is 0 Å². The summed E-state index contributed by atoms with van der Waals surface area (Å²) in [6.45, 7) is 8.21. The molecule has 0 amide bonds. The molecule has 3 heteroatoms. The summed E-state index contributed by atoms with van der Waals surface area (Å²) < 4.78 is 5.27. The van der Waals surface area contributed by atoms with Crippen molar-refractivity contribution >= 4 is 5.97 Å². The summed E-state index contributed by atoms with van der Waals surface area (Å²) in [7, 11) is 0. The van der Waals surface area contributed by atoms with E-state index in [4.69, 9.17) is 4.74 Å². The van der Waals surface area contributed by atoms with E-state index in [0.717, 1.165) is 6.54 Å². The maximum Gasteiger partial charge on any atom is 0.311 e. The lowest BCUT2D eigenvalue weighted by atomic mass is 9.65. The SMILES string of the molecule is CCOC(=O)C1CNCC1(c1ccccc1)C(C)C. The van der Waals surface area contributed by atoms with E-state index in [0.29, 0.717) is 19.1 Å². The molecule has 1 aliphatic heterocycles. The van der Waals surface area contributed by atoms with Gasteiger partial charge >= 0.3 is 5.97 Å². The molecule has 0 radical (unpaired) electrons. The van der Waals surface area contributed by atoms with Crippen molar-refractivity contribution in [3.8, 4) is 0 Å². The molecule has 1 N–H and O–H groups in total. The van der Waals surface area contributed by atoms with Crippen molar-refractivity contribution < 1.29 is 9.53 Å². The van der Waals surface area contributed by atoms with E-state index >= 15 is 0 Å². The number of nitrogens with one attached hydrogen (secondary N) is 1. The number of carbonyl (C=O) groups excluding carboxylic acids is 1. The Morgan fingerprint density at radius 3 is 2.68 bits per heavy atom. The summed E-state index contributed by atoms with van der Waals surface area (Å²) in [5, 5.41) is 3.38. The third kappa shape index (κ3) is 2.39. The summed E-state index contributed by atoms with van der Waals surface area (Å²) in [4.78, 5) is 12.3. The van der Waals surface area contributed by atoms with Gasteiger partial charge < -0.3 is 10.1 Å². The zero-order valence-electron chi connectivity index (χ0n) is 12.0. The second kappa shape index (κ2) is 5.74. The standard InChI is InChI=1S/C16H23NO2/c1-4-19-15(18)14-10-17-11-16(14,12(2)3)13-8-6-5-7-9-13/h5-9,12,14,17H,4,10-11H2,1-3H3. The van der Waals surface area contributed by atoms with Gasteiger partial charge in [0.1, 0.15) is 0 Å². The van der Waals surface area contributed by atoms with Crippen LogP contribution in [-0.2, 0) is 14.9 Å². The maximum absolute atomic E-state index is 12.3. The zero-order valence-corrected chi connectivity index (χ0v) is 12.0. The fraction of sp³-hybridized carbons (Fsp3) is 0.562. The van der Waals surface area contributed by atoms with E-state index in [1.807, 2.05) is 25.1 Å². The Labute approximate surface area is 115 Å². The topological polar surface area (TPSA) is 38.3 Å². The number of hydrogen-bond donors (Lipinski definition) is 1. The first kappa shape index (κ1) is 14.1. The fourth-order valence-corrected chi connectivity index (χ4v) is 3.26. The first-order valence-electron chi connectivity index (χ1n) is 7.05. The van der Waals surface area contributed by atoms with Crippen LogP contribution in [0, 0.1) is 11.8 Å². The minimum absolute atomic E-state index is 0.0787. The smallest absolute Gasteiger partial charge is 0.311 e. The molecule has 2 rings (SSSR count). The molecule has 0 bridgehead atoms. The molecule has 1 saturated heterocycles. The van der Waals surface area contributed by atoms with Crippen LogP contribution in [0.2, 0.25) is 0 Å². The molecule has 2 atom stereocenters. The summed E-state index contributed by atoms with van der Waals surface area (Å²) in [6.07, 6.45) is 0. The zero-order chi connectivity index (χ0) is 13.9. The average molecular weight is 261 g/mol. The van der Waals surface area contributed by atoms with Crippen LogP contribution in [0.1, 0.15) is 26.3 Å².